The summed E-state index contributed by atoms with van der Waals surface area (Å²) in [5, 5.41) is 7.38. The van der Waals surface area contributed by atoms with E-state index in [1.165, 1.54) is 0 Å². The minimum atomic E-state index is -3.96. The van der Waals surface area contributed by atoms with Gasteiger partial charge < -0.3 is 10.1 Å². The second-order valence-corrected chi connectivity index (χ2v) is 8.59. The Kier molecular flexibility index (Phi) is 5.68. The average Bonchev–Trinajstić information content (AvgIpc) is 3.24. The van der Waals surface area contributed by atoms with Gasteiger partial charge in [0.15, 0.2) is 5.82 Å². The van der Waals surface area contributed by atoms with Gasteiger partial charge >= 0.3 is 0 Å². The summed E-state index contributed by atoms with van der Waals surface area (Å²) in [6.45, 7) is 2.20. The maximum absolute atomic E-state index is 13.3. The molecule has 0 saturated heterocycles. The van der Waals surface area contributed by atoms with Gasteiger partial charge in [0.25, 0.3) is 10.0 Å². The fraction of sp³-hybridized carbons (Fsp3) is 0.136. The number of nitrogens with zero attached hydrogens (tertiary/aromatic N) is 4. The van der Waals surface area contributed by atoms with E-state index in [0.717, 1.165) is 15.2 Å². The van der Waals surface area contributed by atoms with Crippen molar-refractivity contribution in [2.75, 3.05) is 12.4 Å². The molecule has 2 aromatic carbocycles. The largest absolute Gasteiger partial charge is 0.496 e. The van der Waals surface area contributed by atoms with Crippen LogP contribution in [-0.2, 0) is 16.6 Å². The highest BCUT2D eigenvalue weighted by Crippen LogP contribution is 2.24. The van der Waals surface area contributed by atoms with Crippen LogP contribution < -0.4 is 10.1 Å². The van der Waals surface area contributed by atoms with Gasteiger partial charge in [-0.1, -0.05) is 35.9 Å². The molecule has 2 aromatic heterocycles. The molecule has 4 rings (SSSR count). The average molecular weight is 436 g/mol. The highest BCUT2D eigenvalue weighted by Gasteiger charge is 2.24. The summed E-state index contributed by atoms with van der Waals surface area (Å²) >= 11 is 0. The first-order valence-corrected chi connectivity index (χ1v) is 11.0. The maximum atomic E-state index is 13.3. The quantitative estimate of drug-likeness (QED) is 0.474. The van der Waals surface area contributed by atoms with Gasteiger partial charge in [0.05, 0.1) is 12.0 Å². The fourth-order valence-electron chi connectivity index (χ4n) is 3.02. The van der Waals surface area contributed by atoms with Gasteiger partial charge in [-0.15, -0.1) is 9.19 Å². The molecule has 0 aliphatic heterocycles. The van der Waals surface area contributed by atoms with Crippen molar-refractivity contribution in [3.63, 3.8) is 0 Å². The van der Waals surface area contributed by atoms with Gasteiger partial charge in [-0.05, 0) is 37.3 Å². The summed E-state index contributed by atoms with van der Waals surface area (Å²) in [5.74, 6) is 1.05. The molecule has 0 fully saturated rings. The van der Waals surface area contributed by atoms with Crippen LogP contribution >= 0.6 is 0 Å². The SMILES string of the molecule is COc1ccccc1CNc1nc(-c2cccnc2)nn1S(=O)(=O)c1ccc(C)cc1. The van der Waals surface area contributed by atoms with E-state index in [9.17, 15) is 8.42 Å². The lowest BCUT2D eigenvalue weighted by Crippen LogP contribution is -2.18. The van der Waals surface area contributed by atoms with Crippen LogP contribution in [0, 0.1) is 6.92 Å². The predicted molar refractivity (Wildman–Crippen MR) is 117 cm³/mol. The molecule has 31 heavy (non-hydrogen) atoms. The molecule has 1 N–H and O–H groups in total. The lowest BCUT2D eigenvalue weighted by atomic mass is 10.2. The molecule has 4 aromatic rings. The lowest BCUT2D eigenvalue weighted by molar-refractivity contribution is 0.410. The Hall–Kier alpha value is -3.72. The van der Waals surface area contributed by atoms with E-state index in [1.807, 2.05) is 31.2 Å². The molecule has 0 bridgehead atoms. The van der Waals surface area contributed by atoms with Crippen LogP contribution in [0.4, 0.5) is 5.95 Å². The Morgan fingerprint density at radius 2 is 1.81 bits per heavy atom. The summed E-state index contributed by atoms with van der Waals surface area (Å²) in [4.78, 5) is 8.64. The van der Waals surface area contributed by atoms with Gasteiger partial charge in [0.2, 0.25) is 5.95 Å². The zero-order valence-electron chi connectivity index (χ0n) is 17.1. The third kappa shape index (κ3) is 4.26. The summed E-state index contributed by atoms with van der Waals surface area (Å²) in [7, 11) is -2.38. The second-order valence-electron chi connectivity index (χ2n) is 6.83. The van der Waals surface area contributed by atoms with E-state index in [-0.39, 0.29) is 16.7 Å². The number of methoxy groups -OCH3 is 1. The van der Waals surface area contributed by atoms with Crippen molar-refractivity contribution < 1.29 is 13.2 Å². The summed E-state index contributed by atoms with van der Waals surface area (Å²) in [6, 6.07) is 17.6. The number of benzene rings is 2. The number of ether oxygens (including phenoxy) is 1. The lowest BCUT2D eigenvalue weighted by Gasteiger charge is -2.11. The maximum Gasteiger partial charge on any atom is 0.286 e. The van der Waals surface area contributed by atoms with E-state index in [1.54, 1.807) is 55.9 Å². The molecule has 0 unspecified atom stereocenters. The van der Waals surface area contributed by atoms with Crippen molar-refractivity contribution in [1.82, 2.24) is 19.2 Å². The molecule has 0 saturated carbocycles. The molecule has 158 valence electrons. The van der Waals surface area contributed by atoms with E-state index in [4.69, 9.17) is 4.74 Å². The van der Waals surface area contributed by atoms with Gasteiger partial charge in [-0.3, -0.25) is 4.98 Å². The number of nitrogens with one attached hydrogen (secondary N) is 1. The zero-order valence-corrected chi connectivity index (χ0v) is 17.9. The smallest absolute Gasteiger partial charge is 0.286 e. The second kappa shape index (κ2) is 8.57. The zero-order chi connectivity index (χ0) is 21.8. The molecular weight excluding hydrogens is 414 g/mol. The van der Waals surface area contributed by atoms with Crippen molar-refractivity contribution in [2.24, 2.45) is 0 Å². The number of anilines is 1. The molecule has 0 atom stereocenters. The fourth-order valence-corrected chi connectivity index (χ4v) is 4.22. The minimum absolute atomic E-state index is 0.102. The Bertz CT molecular complexity index is 1290. The normalized spacial score (nSPS) is 11.3. The molecule has 0 spiro atoms. The molecule has 0 radical (unpaired) electrons. The van der Waals surface area contributed by atoms with Gasteiger partial charge in [-0.2, -0.15) is 13.4 Å². The van der Waals surface area contributed by atoms with Crippen molar-refractivity contribution in [1.29, 1.82) is 0 Å². The minimum Gasteiger partial charge on any atom is -0.496 e. The van der Waals surface area contributed by atoms with Crippen molar-refractivity contribution in [3.05, 3.63) is 84.2 Å². The van der Waals surface area contributed by atoms with Crippen molar-refractivity contribution >= 4 is 16.0 Å². The molecule has 9 heteroatoms. The number of para-hydroxylation sites is 1. The summed E-state index contributed by atoms with van der Waals surface area (Å²) in [5.41, 5.74) is 2.43. The van der Waals surface area contributed by atoms with Crippen LogP contribution in [-0.4, -0.2) is 34.7 Å². The number of rotatable bonds is 7. The summed E-state index contributed by atoms with van der Waals surface area (Å²) in [6.07, 6.45) is 3.21. The molecule has 0 aliphatic rings. The predicted octanol–water partition coefficient (Wildman–Crippen LogP) is 3.51. The first-order valence-electron chi connectivity index (χ1n) is 9.54. The molecule has 0 amide bonds. The highest BCUT2D eigenvalue weighted by atomic mass is 32.2. The molecule has 2 heterocycles. The molecule has 8 nitrogen and oxygen atoms in total. The monoisotopic (exact) mass is 435 g/mol. The molecule has 0 aliphatic carbocycles. The van der Waals surface area contributed by atoms with Gasteiger partial charge in [-0.25, -0.2) is 0 Å². The standard InChI is InChI=1S/C22H21N5O3S/c1-16-9-11-19(12-10-16)31(28,29)27-22(24-15-17-6-3-4-8-20(17)30-2)25-21(26-27)18-7-5-13-23-14-18/h3-14H,15H2,1-2H3,(H,24,25,26). The molecular formula is C22H21N5O3S. The van der Waals surface area contributed by atoms with E-state index in [2.05, 4.69) is 20.4 Å². The summed E-state index contributed by atoms with van der Waals surface area (Å²) < 4.78 is 33.0. The Labute approximate surface area is 180 Å². The first kappa shape index (κ1) is 20.5. The third-order valence-electron chi connectivity index (χ3n) is 4.67. The number of pyridine rings is 1. The van der Waals surface area contributed by atoms with Crippen LogP contribution in [0.5, 0.6) is 5.75 Å². The van der Waals surface area contributed by atoms with Crippen LogP contribution in [0.25, 0.3) is 11.4 Å². The Balaban J connectivity index is 1.76. The highest BCUT2D eigenvalue weighted by molar-refractivity contribution is 7.90. The van der Waals surface area contributed by atoms with Crippen LogP contribution in [0.3, 0.4) is 0 Å². The van der Waals surface area contributed by atoms with Crippen molar-refractivity contribution in [3.8, 4) is 17.1 Å². The topological polar surface area (TPSA) is 99.0 Å². The van der Waals surface area contributed by atoms with E-state index < -0.39 is 10.0 Å². The Morgan fingerprint density at radius 3 is 2.52 bits per heavy atom. The van der Waals surface area contributed by atoms with E-state index in [0.29, 0.717) is 17.9 Å². The number of hydrogen-bond acceptors (Lipinski definition) is 7. The van der Waals surface area contributed by atoms with Gasteiger partial charge in [0, 0.05) is 30.1 Å². The van der Waals surface area contributed by atoms with Crippen molar-refractivity contribution in [2.45, 2.75) is 18.4 Å². The van der Waals surface area contributed by atoms with E-state index >= 15 is 0 Å². The first-order chi connectivity index (χ1) is 15.0. The van der Waals surface area contributed by atoms with Crippen LogP contribution in [0.15, 0.2) is 78.0 Å². The van der Waals surface area contributed by atoms with Gasteiger partial charge in [0.1, 0.15) is 5.75 Å². The van der Waals surface area contributed by atoms with Crippen LogP contribution in [0.2, 0.25) is 0 Å². The van der Waals surface area contributed by atoms with Crippen LogP contribution in [0.1, 0.15) is 11.1 Å². The third-order valence-corrected chi connectivity index (χ3v) is 6.25. The Morgan fingerprint density at radius 1 is 1.03 bits per heavy atom. The number of aryl methyl sites for hydroxylation is 1. The number of hydrogen-bond donors (Lipinski definition) is 1. The number of aromatic nitrogens is 4.